The van der Waals surface area contributed by atoms with Gasteiger partial charge in [-0.15, -0.1) is 0 Å². The maximum absolute atomic E-state index is 12.8. The van der Waals surface area contributed by atoms with Gasteiger partial charge in [0.2, 0.25) is 11.7 Å². The van der Waals surface area contributed by atoms with Crippen molar-refractivity contribution in [3.8, 4) is 17.1 Å². The highest BCUT2D eigenvalue weighted by Gasteiger charge is 2.29. The number of ether oxygens (including phenoxy) is 1. The molecule has 3 aromatic rings. The van der Waals surface area contributed by atoms with Gasteiger partial charge in [-0.05, 0) is 56.2 Å². The smallest absolute Gasteiger partial charge is 0.321 e. The van der Waals surface area contributed by atoms with Crippen LogP contribution in [0.25, 0.3) is 11.4 Å². The number of halogens is 1. The summed E-state index contributed by atoms with van der Waals surface area (Å²) in [6.07, 6.45) is 1.76. The number of hydrogen-bond acceptors (Lipinski definition) is 5. The predicted molar refractivity (Wildman–Crippen MR) is 115 cm³/mol. The zero-order valence-electron chi connectivity index (χ0n) is 16.7. The molecule has 0 spiro atoms. The third-order valence-corrected chi connectivity index (χ3v) is 5.28. The van der Waals surface area contributed by atoms with E-state index in [4.69, 9.17) is 20.9 Å². The van der Waals surface area contributed by atoms with Gasteiger partial charge in [0, 0.05) is 23.7 Å². The van der Waals surface area contributed by atoms with E-state index in [9.17, 15) is 4.79 Å². The van der Waals surface area contributed by atoms with Crippen molar-refractivity contribution >= 4 is 23.3 Å². The molecule has 1 N–H and O–H groups in total. The molecular formula is C22H23ClN4O3. The Labute approximate surface area is 180 Å². The maximum Gasteiger partial charge on any atom is 0.321 e. The summed E-state index contributed by atoms with van der Waals surface area (Å²) in [5, 5.41) is 7.71. The number of piperidine rings is 1. The fourth-order valence-electron chi connectivity index (χ4n) is 3.53. The molecule has 4 rings (SSSR count). The van der Waals surface area contributed by atoms with Crippen LogP contribution in [0.5, 0.6) is 5.75 Å². The SMILES string of the molecule is CCOc1ccccc1NC(=O)N1CCCC(c2nc(-c3ccc(Cl)cc3)no2)C1. The summed E-state index contributed by atoms with van der Waals surface area (Å²) in [6.45, 7) is 3.64. The number of anilines is 1. The van der Waals surface area contributed by atoms with Crippen molar-refractivity contribution in [1.29, 1.82) is 0 Å². The number of benzene rings is 2. The second-order valence-corrected chi connectivity index (χ2v) is 7.54. The van der Waals surface area contributed by atoms with Gasteiger partial charge < -0.3 is 19.5 Å². The fourth-order valence-corrected chi connectivity index (χ4v) is 3.65. The third kappa shape index (κ3) is 4.57. The van der Waals surface area contributed by atoms with Gasteiger partial charge in [-0.2, -0.15) is 4.98 Å². The molecule has 2 aromatic carbocycles. The van der Waals surface area contributed by atoms with Gasteiger partial charge in [-0.1, -0.05) is 28.9 Å². The zero-order chi connectivity index (χ0) is 20.9. The average molecular weight is 427 g/mol. The number of hydrogen-bond donors (Lipinski definition) is 1. The van der Waals surface area contributed by atoms with E-state index in [2.05, 4.69) is 15.5 Å². The number of carbonyl (C=O) groups excluding carboxylic acids is 1. The summed E-state index contributed by atoms with van der Waals surface area (Å²) in [4.78, 5) is 19.2. The molecule has 0 radical (unpaired) electrons. The lowest BCUT2D eigenvalue weighted by molar-refractivity contribution is 0.184. The molecule has 7 nitrogen and oxygen atoms in total. The Balaban J connectivity index is 1.43. The molecule has 1 unspecified atom stereocenters. The predicted octanol–water partition coefficient (Wildman–Crippen LogP) is 5.20. The average Bonchev–Trinajstić information content (AvgIpc) is 3.26. The maximum atomic E-state index is 12.8. The first-order valence-electron chi connectivity index (χ1n) is 10.0. The highest BCUT2D eigenvalue weighted by atomic mass is 35.5. The number of aromatic nitrogens is 2. The molecule has 2 heterocycles. The Hall–Kier alpha value is -3.06. The first kappa shape index (κ1) is 20.2. The summed E-state index contributed by atoms with van der Waals surface area (Å²) >= 11 is 5.94. The zero-order valence-corrected chi connectivity index (χ0v) is 17.4. The van der Waals surface area contributed by atoms with E-state index in [-0.39, 0.29) is 11.9 Å². The highest BCUT2D eigenvalue weighted by Crippen LogP contribution is 2.29. The summed E-state index contributed by atoms with van der Waals surface area (Å²) in [5.41, 5.74) is 1.50. The lowest BCUT2D eigenvalue weighted by Crippen LogP contribution is -2.41. The lowest BCUT2D eigenvalue weighted by Gasteiger charge is -2.31. The second kappa shape index (κ2) is 9.17. The van der Waals surface area contributed by atoms with Crippen LogP contribution in [-0.2, 0) is 0 Å². The minimum atomic E-state index is -0.163. The van der Waals surface area contributed by atoms with Crippen LogP contribution in [0.2, 0.25) is 5.02 Å². The summed E-state index contributed by atoms with van der Waals surface area (Å²) in [5.74, 6) is 1.73. The van der Waals surface area contributed by atoms with Crippen LogP contribution in [0, 0.1) is 0 Å². The van der Waals surface area contributed by atoms with Crippen molar-refractivity contribution < 1.29 is 14.1 Å². The third-order valence-electron chi connectivity index (χ3n) is 5.03. The standard InChI is InChI=1S/C22H23ClN4O3/c1-2-29-19-8-4-3-7-18(19)24-22(28)27-13-5-6-16(14-27)21-25-20(26-30-21)15-9-11-17(23)12-10-15/h3-4,7-12,16H,2,5-6,13-14H2,1H3,(H,24,28). The van der Waals surface area contributed by atoms with E-state index in [0.717, 1.165) is 18.4 Å². The van der Waals surface area contributed by atoms with Crippen LogP contribution in [0.15, 0.2) is 53.1 Å². The molecule has 8 heteroatoms. The van der Waals surface area contributed by atoms with Gasteiger partial charge in [0.1, 0.15) is 5.75 Å². The van der Waals surface area contributed by atoms with Crippen molar-refractivity contribution in [3.63, 3.8) is 0 Å². The lowest BCUT2D eigenvalue weighted by atomic mass is 9.98. The minimum absolute atomic E-state index is 0.000172. The monoisotopic (exact) mass is 426 g/mol. The van der Waals surface area contributed by atoms with Crippen molar-refractivity contribution in [1.82, 2.24) is 15.0 Å². The van der Waals surface area contributed by atoms with Crippen LogP contribution in [0.1, 0.15) is 31.6 Å². The Morgan fingerprint density at radius 3 is 2.87 bits per heavy atom. The first-order valence-corrected chi connectivity index (χ1v) is 10.4. The molecule has 2 amide bonds. The van der Waals surface area contributed by atoms with E-state index >= 15 is 0 Å². The van der Waals surface area contributed by atoms with Crippen molar-refractivity contribution in [2.75, 3.05) is 25.0 Å². The quantitative estimate of drug-likeness (QED) is 0.606. The van der Waals surface area contributed by atoms with Gasteiger partial charge in [0.15, 0.2) is 0 Å². The molecule has 30 heavy (non-hydrogen) atoms. The Kier molecular flexibility index (Phi) is 6.18. The van der Waals surface area contributed by atoms with Gasteiger partial charge in [0.25, 0.3) is 0 Å². The molecule has 0 saturated carbocycles. The van der Waals surface area contributed by atoms with E-state index in [1.54, 1.807) is 17.0 Å². The molecule has 1 aliphatic heterocycles. The molecule has 1 saturated heterocycles. The van der Waals surface area contributed by atoms with E-state index in [0.29, 0.717) is 47.9 Å². The number of urea groups is 1. The van der Waals surface area contributed by atoms with E-state index in [1.807, 2.05) is 43.3 Å². The van der Waals surface area contributed by atoms with Crippen molar-refractivity contribution in [2.24, 2.45) is 0 Å². The first-order chi connectivity index (χ1) is 14.6. The number of nitrogens with one attached hydrogen (secondary N) is 1. The number of amides is 2. The summed E-state index contributed by atoms with van der Waals surface area (Å²) in [6, 6.07) is 14.6. The molecular weight excluding hydrogens is 404 g/mol. The normalized spacial score (nSPS) is 16.3. The van der Waals surface area contributed by atoms with Crippen LogP contribution < -0.4 is 10.1 Å². The second-order valence-electron chi connectivity index (χ2n) is 7.11. The Morgan fingerprint density at radius 2 is 2.07 bits per heavy atom. The van der Waals surface area contributed by atoms with Crippen LogP contribution >= 0.6 is 11.6 Å². The molecule has 1 aromatic heterocycles. The molecule has 156 valence electrons. The largest absolute Gasteiger partial charge is 0.492 e. The van der Waals surface area contributed by atoms with E-state index in [1.165, 1.54) is 0 Å². The fraction of sp³-hybridized carbons (Fsp3) is 0.318. The summed E-state index contributed by atoms with van der Waals surface area (Å²) in [7, 11) is 0. The van der Waals surface area contributed by atoms with Gasteiger partial charge in [-0.3, -0.25) is 0 Å². The minimum Gasteiger partial charge on any atom is -0.492 e. The van der Waals surface area contributed by atoms with Gasteiger partial charge in [0.05, 0.1) is 18.2 Å². The molecule has 1 fully saturated rings. The van der Waals surface area contributed by atoms with Crippen LogP contribution in [-0.4, -0.2) is 40.8 Å². The number of para-hydroxylation sites is 2. The molecule has 0 aliphatic carbocycles. The van der Waals surface area contributed by atoms with E-state index < -0.39 is 0 Å². The molecule has 1 atom stereocenters. The van der Waals surface area contributed by atoms with Crippen molar-refractivity contribution in [3.05, 3.63) is 59.4 Å². The Morgan fingerprint density at radius 1 is 1.27 bits per heavy atom. The van der Waals surface area contributed by atoms with Crippen LogP contribution in [0.4, 0.5) is 10.5 Å². The summed E-state index contributed by atoms with van der Waals surface area (Å²) < 4.78 is 11.1. The molecule has 0 bridgehead atoms. The highest BCUT2D eigenvalue weighted by molar-refractivity contribution is 6.30. The van der Waals surface area contributed by atoms with Crippen molar-refractivity contribution in [2.45, 2.75) is 25.7 Å². The number of likely N-dealkylation sites (tertiary alicyclic amines) is 1. The van der Waals surface area contributed by atoms with Gasteiger partial charge in [-0.25, -0.2) is 4.79 Å². The van der Waals surface area contributed by atoms with Gasteiger partial charge >= 0.3 is 6.03 Å². The number of carbonyl (C=O) groups is 1. The number of rotatable bonds is 5. The molecule has 1 aliphatic rings. The number of nitrogens with zero attached hydrogens (tertiary/aromatic N) is 3. The Bertz CT molecular complexity index is 1010. The topological polar surface area (TPSA) is 80.5 Å². The van der Waals surface area contributed by atoms with Crippen LogP contribution in [0.3, 0.4) is 0 Å².